The molecule has 12 heteroatoms. The number of carbonyl (C=O) groups excluding carboxylic acids is 2. The number of nitrogens with zero attached hydrogens (tertiary/aromatic N) is 2. The van der Waals surface area contributed by atoms with Gasteiger partial charge in [-0.2, -0.15) is 10.6 Å². The van der Waals surface area contributed by atoms with Crippen LogP contribution in [0.3, 0.4) is 0 Å². The van der Waals surface area contributed by atoms with E-state index >= 15 is 0 Å². The lowest BCUT2D eigenvalue weighted by molar-refractivity contribution is -0.143. The van der Waals surface area contributed by atoms with Crippen LogP contribution in [0.4, 0.5) is 0 Å². The zero-order chi connectivity index (χ0) is 26.2. The van der Waals surface area contributed by atoms with Gasteiger partial charge in [0.1, 0.15) is 18.0 Å². The molecule has 1 aliphatic heterocycles. The number of benzene rings is 2. The first kappa shape index (κ1) is 26.2. The van der Waals surface area contributed by atoms with Gasteiger partial charge in [-0.1, -0.05) is 41.4 Å². The average Bonchev–Trinajstić information content (AvgIpc) is 3.14. The Kier molecular flexibility index (Phi) is 7.44. The predicted molar refractivity (Wildman–Crippen MR) is 139 cm³/mol. The summed E-state index contributed by atoms with van der Waals surface area (Å²) < 4.78 is 19.9. The number of aromatic nitrogens is 1. The zero-order valence-electron chi connectivity index (χ0n) is 19.0. The highest BCUT2D eigenvalue weighted by molar-refractivity contribution is 8.24. The third kappa shape index (κ3) is 5.58. The summed E-state index contributed by atoms with van der Waals surface area (Å²) in [6, 6.07) is 11.6. The maximum Gasteiger partial charge on any atom is 0.326 e. The van der Waals surface area contributed by atoms with Crippen molar-refractivity contribution in [3.8, 4) is 11.3 Å². The number of carboxylic acids is 1. The Morgan fingerprint density at radius 3 is 2.47 bits per heavy atom. The van der Waals surface area contributed by atoms with Crippen molar-refractivity contribution < 1.29 is 28.6 Å². The lowest BCUT2D eigenvalue weighted by atomic mass is 10.0. The zero-order valence-corrected chi connectivity index (χ0v) is 21.3. The number of carbonyl (C=O) groups is 3. The normalized spacial score (nSPS) is 18.6. The molecule has 2 atom stereocenters. The summed E-state index contributed by atoms with van der Waals surface area (Å²) in [5.74, 6) is -3.19. The van der Waals surface area contributed by atoms with Crippen LogP contribution >= 0.6 is 33.8 Å². The highest BCUT2D eigenvalue weighted by atomic mass is 35.5. The molecule has 1 fully saturated rings. The monoisotopic (exact) mass is 551 g/mol. The number of nitrogens with one attached hydrogen (secondary N) is 1. The third-order valence-corrected chi connectivity index (χ3v) is 8.05. The number of aliphatic carboxylic acids is 1. The molecule has 1 saturated heterocycles. The minimum atomic E-state index is -3.13. The quantitative estimate of drug-likeness (QED) is 0.358. The summed E-state index contributed by atoms with van der Waals surface area (Å²) >= 11 is 12.6. The molecule has 3 aromatic rings. The van der Waals surface area contributed by atoms with E-state index in [1.54, 1.807) is 42.5 Å². The van der Waals surface area contributed by atoms with Crippen LogP contribution in [0, 0.1) is 0 Å². The van der Waals surface area contributed by atoms with E-state index in [0.29, 0.717) is 32.4 Å². The minimum Gasteiger partial charge on any atom is -0.480 e. The van der Waals surface area contributed by atoms with Crippen LogP contribution in [0.15, 0.2) is 48.5 Å². The Labute approximate surface area is 218 Å². The smallest absolute Gasteiger partial charge is 0.326 e. The number of pyridine rings is 1. The Balaban J connectivity index is 1.54. The highest BCUT2D eigenvalue weighted by Crippen LogP contribution is 2.46. The van der Waals surface area contributed by atoms with E-state index in [4.69, 9.17) is 23.2 Å². The lowest BCUT2D eigenvalue weighted by Crippen LogP contribution is -2.52. The van der Waals surface area contributed by atoms with Crippen molar-refractivity contribution in [1.29, 1.82) is 0 Å². The van der Waals surface area contributed by atoms with Crippen molar-refractivity contribution in [2.45, 2.75) is 25.4 Å². The Morgan fingerprint density at radius 2 is 1.83 bits per heavy atom. The van der Waals surface area contributed by atoms with Gasteiger partial charge in [-0.15, -0.1) is 0 Å². The van der Waals surface area contributed by atoms with Crippen LogP contribution in [-0.2, 0) is 20.8 Å². The van der Waals surface area contributed by atoms with Gasteiger partial charge in [0.2, 0.25) is 11.8 Å². The molecule has 36 heavy (non-hydrogen) atoms. The molecular weight excluding hydrogens is 529 g/mol. The fourth-order valence-electron chi connectivity index (χ4n) is 4.12. The molecule has 4 N–H and O–H groups in total. The van der Waals surface area contributed by atoms with Crippen LogP contribution in [0.5, 0.6) is 0 Å². The van der Waals surface area contributed by atoms with Gasteiger partial charge in [-0.05, 0) is 35.9 Å². The number of halogens is 2. The molecule has 2 aromatic carbocycles. The molecule has 2 heterocycles. The molecule has 0 spiro atoms. The van der Waals surface area contributed by atoms with Crippen LogP contribution in [0.1, 0.15) is 12.5 Å². The van der Waals surface area contributed by atoms with Crippen LogP contribution in [-0.4, -0.2) is 65.6 Å². The third-order valence-electron chi connectivity index (χ3n) is 5.88. The molecule has 2 amide bonds. The molecule has 1 aromatic heterocycles. The second-order valence-corrected chi connectivity index (χ2v) is 11.5. The van der Waals surface area contributed by atoms with Crippen molar-refractivity contribution in [3.63, 3.8) is 0 Å². The van der Waals surface area contributed by atoms with Crippen molar-refractivity contribution >= 4 is 62.5 Å². The molecule has 0 bridgehead atoms. The topological polar surface area (TPSA) is 140 Å². The number of amides is 2. The molecule has 0 aliphatic carbocycles. The summed E-state index contributed by atoms with van der Waals surface area (Å²) in [6.07, 6.45) is -0.0296. The Hall–Kier alpha value is -2.89. The number of carboxylic acid groups (broad SMARTS) is 1. The highest BCUT2D eigenvalue weighted by Gasteiger charge is 2.42. The number of fused-ring (bicyclic) bond motifs is 1. The van der Waals surface area contributed by atoms with Gasteiger partial charge in [0.25, 0.3) is 0 Å². The number of rotatable bonds is 6. The van der Waals surface area contributed by atoms with Crippen LogP contribution in [0.25, 0.3) is 22.2 Å². The number of hydrogen-bond donors (Lipinski definition) is 4. The molecule has 190 valence electrons. The molecule has 0 unspecified atom stereocenters. The van der Waals surface area contributed by atoms with E-state index in [0.717, 1.165) is 10.3 Å². The summed E-state index contributed by atoms with van der Waals surface area (Å²) in [5.41, 5.74) is 2.50. The first-order valence-electron chi connectivity index (χ1n) is 10.8. The van der Waals surface area contributed by atoms with E-state index in [1.165, 1.54) is 6.92 Å². The summed E-state index contributed by atoms with van der Waals surface area (Å²) in [4.78, 5) is 42.2. The molecule has 0 radical (unpaired) electrons. The standard InChI is InChI=1S/C24H23Cl2N3O6S/c1-13(30)29-12-36(34,35)11-21(29)23(31)28-20(24(32)33)10-14-5-7-18-15(9-14)6-8-19(27-18)22-16(25)3-2-4-17(22)26/h2-9,20-21,34-35H,10-12H2,1H3,(H,28,31)(H,32,33)/t20-,21-/m0/s1. The summed E-state index contributed by atoms with van der Waals surface area (Å²) in [5, 5.41) is 13.8. The van der Waals surface area contributed by atoms with Gasteiger partial charge in [-0.3, -0.25) is 18.7 Å². The average molecular weight is 552 g/mol. The van der Waals surface area contributed by atoms with Crippen LogP contribution < -0.4 is 5.32 Å². The van der Waals surface area contributed by atoms with Crippen molar-refractivity contribution in [1.82, 2.24) is 15.2 Å². The van der Waals surface area contributed by atoms with E-state index in [9.17, 15) is 28.6 Å². The molecule has 1 aliphatic rings. The van der Waals surface area contributed by atoms with Gasteiger partial charge in [0.15, 0.2) is 0 Å². The fourth-order valence-corrected chi connectivity index (χ4v) is 6.46. The maximum atomic E-state index is 12.8. The molecular formula is C24H23Cl2N3O6S. The molecule has 4 rings (SSSR count). The van der Waals surface area contributed by atoms with Crippen molar-refractivity contribution in [3.05, 3.63) is 64.1 Å². The maximum absolute atomic E-state index is 12.8. The Bertz CT molecular complexity index is 1350. The largest absolute Gasteiger partial charge is 0.480 e. The van der Waals surface area contributed by atoms with Crippen molar-refractivity contribution in [2.75, 3.05) is 11.6 Å². The van der Waals surface area contributed by atoms with E-state index in [2.05, 4.69) is 10.3 Å². The first-order chi connectivity index (χ1) is 16.9. The van der Waals surface area contributed by atoms with Gasteiger partial charge in [-0.25, -0.2) is 9.78 Å². The second-order valence-electron chi connectivity index (χ2n) is 8.53. The van der Waals surface area contributed by atoms with E-state index in [1.807, 2.05) is 6.07 Å². The van der Waals surface area contributed by atoms with Gasteiger partial charge >= 0.3 is 5.97 Å². The molecule has 0 saturated carbocycles. The Morgan fingerprint density at radius 1 is 1.14 bits per heavy atom. The van der Waals surface area contributed by atoms with Gasteiger partial charge in [0.05, 0.1) is 27.0 Å². The fraction of sp³-hybridized carbons (Fsp3) is 0.250. The number of hydrogen-bond acceptors (Lipinski definition) is 6. The van der Waals surface area contributed by atoms with Gasteiger partial charge in [0, 0.05) is 24.3 Å². The van der Waals surface area contributed by atoms with Crippen LogP contribution in [0.2, 0.25) is 10.0 Å². The van der Waals surface area contributed by atoms with E-state index < -0.39 is 40.5 Å². The summed E-state index contributed by atoms with van der Waals surface area (Å²) in [7, 11) is -3.13. The first-order valence-corrected chi connectivity index (χ1v) is 13.5. The lowest BCUT2D eigenvalue weighted by Gasteiger charge is -2.25. The van der Waals surface area contributed by atoms with Crippen molar-refractivity contribution in [2.24, 2.45) is 0 Å². The second kappa shape index (κ2) is 10.2. The van der Waals surface area contributed by atoms with Gasteiger partial charge < -0.3 is 15.3 Å². The summed E-state index contributed by atoms with van der Waals surface area (Å²) in [6.45, 7) is 1.21. The minimum absolute atomic E-state index is 0.0296. The predicted octanol–water partition coefficient (Wildman–Crippen LogP) is 4.26. The SMILES string of the molecule is CC(=O)N1CS(O)(O)C[C@H]1C(=O)N[C@@H](Cc1ccc2nc(-c3c(Cl)cccc3Cl)ccc2c1)C(=O)O. The van der Waals surface area contributed by atoms with E-state index in [-0.39, 0.29) is 18.1 Å². The molecule has 9 nitrogen and oxygen atoms in total.